The van der Waals surface area contributed by atoms with Crippen LogP contribution in [0.1, 0.15) is 12.0 Å². The number of nitrogens with zero attached hydrogens (tertiary/aromatic N) is 1. The van der Waals surface area contributed by atoms with E-state index in [1.165, 1.54) is 11.3 Å². The largest absolute Gasteiger partial charge is 0.316 e. The van der Waals surface area contributed by atoms with Crippen LogP contribution < -0.4 is 10.6 Å². The van der Waals surface area contributed by atoms with Crippen LogP contribution in [0, 0.1) is 18.3 Å². The van der Waals surface area contributed by atoms with Crippen LogP contribution in [-0.2, 0) is 4.79 Å². The van der Waals surface area contributed by atoms with E-state index in [0.717, 1.165) is 35.5 Å². The second-order valence-electron chi connectivity index (χ2n) is 4.93. The Morgan fingerprint density at radius 3 is 2.90 bits per heavy atom. The van der Waals surface area contributed by atoms with E-state index in [-0.39, 0.29) is 11.8 Å². The fourth-order valence-corrected chi connectivity index (χ4v) is 3.11. The maximum Gasteiger partial charge on any atom is 0.230 e. The van der Waals surface area contributed by atoms with E-state index in [1.807, 2.05) is 24.3 Å². The lowest BCUT2D eigenvalue weighted by atomic mass is 10.1. The lowest BCUT2D eigenvalue weighted by molar-refractivity contribution is -0.119. The quantitative estimate of drug-likeness (QED) is 0.855. The molecule has 3 rings (SSSR count). The molecule has 2 aromatic rings. The summed E-state index contributed by atoms with van der Waals surface area (Å²) in [5.74, 6) is 2.69. The number of carbonyl (C=O) groups excluding carboxylic acids is 1. The summed E-state index contributed by atoms with van der Waals surface area (Å²) in [5, 5.41) is 6.72. The molecule has 2 N–H and O–H groups in total. The number of amides is 1. The molecule has 1 aromatic carbocycles. The van der Waals surface area contributed by atoms with Gasteiger partial charge in [-0.2, -0.15) is 0 Å². The van der Waals surface area contributed by atoms with Gasteiger partial charge < -0.3 is 10.6 Å². The van der Waals surface area contributed by atoms with Gasteiger partial charge in [-0.15, -0.1) is 6.42 Å². The van der Waals surface area contributed by atoms with Crippen molar-refractivity contribution in [2.45, 2.75) is 6.42 Å². The molecule has 1 aliphatic rings. The lowest BCUT2D eigenvalue weighted by Crippen LogP contribution is -2.24. The molecule has 1 fully saturated rings. The molecule has 1 aromatic heterocycles. The van der Waals surface area contributed by atoms with E-state index >= 15 is 0 Å². The smallest absolute Gasteiger partial charge is 0.230 e. The number of rotatable bonds is 3. The summed E-state index contributed by atoms with van der Waals surface area (Å²) < 4.78 is 0. The van der Waals surface area contributed by atoms with E-state index < -0.39 is 0 Å². The molecule has 21 heavy (non-hydrogen) atoms. The summed E-state index contributed by atoms with van der Waals surface area (Å²) >= 11 is 1.47. The summed E-state index contributed by atoms with van der Waals surface area (Å²) in [6.45, 7) is 1.65. The number of nitrogens with one attached hydrogen (secondary N) is 2. The first kappa shape index (κ1) is 13.8. The van der Waals surface area contributed by atoms with E-state index in [9.17, 15) is 4.79 Å². The van der Waals surface area contributed by atoms with Gasteiger partial charge in [-0.05, 0) is 30.7 Å². The average Bonchev–Trinajstić information content (AvgIpc) is 3.19. The molecule has 2 heterocycles. The van der Waals surface area contributed by atoms with E-state index in [0.29, 0.717) is 5.13 Å². The summed E-state index contributed by atoms with van der Waals surface area (Å²) in [6, 6.07) is 7.74. The third-order valence-corrected chi connectivity index (χ3v) is 4.46. The van der Waals surface area contributed by atoms with Crippen LogP contribution >= 0.6 is 11.3 Å². The second kappa shape index (κ2) is 6.08. The highest BCUT2D eigenvalue weighted by Gasteiger charge is 2.23. The first-order valence-corrected chi connectivity index (χ1v) is 7.62. The molecule has 1 aliphatic heterocycles. The molecule has 1 atom stereocenters. The fraction of sp³-hybridized carbons (Fsp3) is 0.250. The standard InChI is InChI=1S/C16H15N3OS/c1-2-11-3-5-12(6-4-11)14-10-18-16(21-14)19-15(20)13-7-8-17-9-13/h1,3-6,10,13,17H,7-9H2,(H,18,19,20)/t13-/m0/s1. The minimum absolute atomic E-state index is 0.0450. The SMILES string of the molecule is C#Cc1ccc(-c2cnc(NC(=O)[C@H]3CCNC3)s2)cc1. The van der Waals surface area contributed by atoms with Crippen LogP contribution in [-0.4, -0.2) is 24.0 Å². The van der Waals surface area contributed by atoms with Crippen molar-refractivity contribution in [2.75, 3.05) is 18.4 Å². The average molecular weight is 297 g/mol. The topological polar surface area (TPSA) is 54.0 Å². The molecule has 0 bridgehead atoms. The Labute approximate surface area is 127 Å². The van der Waals surface area contributed by atoms with Gasteiger partial charge in [0.2, 0.25) is 5.91 Å². The van der Waals surface area contributed by atoms with E-state index in [1.54, 1.807) is 6.20 Å². The van der Waals surface area contributed by atoms with Crippen LogP contribution in [0.25, 0.3) is 10.4 Å². The first-order valence-electron chi connectivity index (χ1n) is 6.81. The summed E-state index contributed by atoms with van der Waals surface area (Å²) in [4.78, 5) is 17.3. The minimum Gasteiger partial charge on any atom is -0.316 e. The molecule has 1 saturated heterocycles. The molecule has 106 valence electrons. The Balaban J connectivity index is 1.70. The Morgan fingerprint density at radius 1 is 1.43 bits per heavy atom. The molecular weight excluding hydrogens is 282 g/mol. The predicted molar refractivity (Wildman–Crippen MR) is 85.1 cm³/mol. The van der Waals surface area contributed by atoms with Crippen molar-refractivity contribution < 1.29 is 4.79 Å². The van der Waals surface area contributed by atoms with Gasteiger partial charge in [0.15, 0.2) is 5.13 Å². The fourth-order valence-electron chi connectivity index (χ4n) is 2.28. The Morgan fingerprint density at radius 2 is 2.24 bits per heavy atom. The molecule has 1 amide bonds. The normalized spacial score (nSPS) is 17.4. The minimum atomic E-state index is 0.0450. The Kier molecular flexibility index (Phi) is 4.00. The van der Waals surface area contributed by atoms with E-state index in [2.05, 4.69) is 21.5 Å². The molecule has 5 heteroatoms. The number of carbonyl (C=O) groups is 1. The van der Waals surface area contributed by atoms with Crippen molar-refractivity contribution in [1.82, 2.24) is 10.3 Å². The maximum atomic E-state index is 12.0. The zero-order valence-corrected chi connectivity index (χ0v) is 12.2. The van der Waals surface area contributed by atoms with Crippen LogP contribution in [0.15, 0.2) is 30.5 Å². The van der Waals surface area contributed by atoms with Crippen LogP contribution in [0.5, 0.6) is 0 Å². The highest BCUT2D eigenvalue weighted by Crippen LogP contribution is 2.29. The van der Waals surface area contributed by atoms with E-state index in [4.69, 9.17) is 6.42 Å². The van der Waals surface area contributed by atoms with Crippen molar-refractivity contribution in [2.24, 2.45) is 5.92 Å². The number of anilines is 1. The summed E-state index contributed by atoms with van der Waals surface area (Å²) in [5.41, 5.74) is 1.90. The summed E-state index contributed by atoms with van der Waals surface area (Å²) in [7, 11) is 0. The van der Waals surface area contributed by atoms with Crippen LogP contribution in [0.4, 0.5) is 5.13 Å². The zero-order valence-electron chi connectivity index (χ0n) is 11.4. The van der Waals surface area contributed by atoms with Crippen LogP contribution in [0.2, 0.25) is 0 Å². The van der Waals surface area contributed by atoms with Crippen molar-refractivity contribution in [3.05, 3.63) is 36.0 Å². The molecule has 0 spiro atoms. The highest BCUT2D eigenvalue weighted by atomic mass is 32.1. The van der Waals surface area contributed by atoms with Gasteiger partial charge in [0, 0.05) is 18.3 Å². The molecule has 0 unspecified atom stereocenters. The molecule has 0 aliphatic carbocycles. The zero-order chi connectivity index (χ0) is 14.7. The number of aromatic nitrogens is 1. The van der Waals surface area contributed by atoms with Crippen molar-refractivity contribution in [3.8, 4) is 22.8 Å². The monoisotopic (exact) mass is 297 g/mol. The van der Waals surface area contributed by atoms with Gasteiger partial charge in [0.25, 0.3) is 0 Å². The molecular formula is C16H15N3OS. The Hall–Kier alpha value is -2.16. The van der Waals surface area contributed by atoms with Gasteiger partial charge in [-0.3, -0.25) is 4.79 Å². The van der Waals surface area contributed by atoms with Gasteiger partial charge >= 0.3 is 0 Å². The third-order valence-electron chi connectivity index (χ3n) is 3.50. The highest BCUT2D eigenvalue weighted by molar-refractivity contribution is 7.19. The number of hydrogen-bond acceptors (Lipinski definition) is 4. The third kappa shape index (κ3) is 3.13. The lowest BCUT2D eigenvalue weighted by Gasteiger charge is -2.06. The number of terminal acetylenes is 1. The van der Waals surface area contributed by atoms with Gasteiger partial charge in [-0.25, -0.2) is 4.98 Å². The number of benzene rings is 1. The van der Waals surface area contributed by atoms with Gasteiger partial charge in [-0.1, -0.05) is 29.4 Å². The molecule has 4 nitrogen and oxygen atoms in total. The molecule has 0 radical (unpaired) electrons. The number of hydrogen-bond donors (Lipinski definition) is 2. The van der Waals surface area contributed by atoms with Crippen molar-refractivity contribution in [1.29, 1.82) is 0 Å². The van der Waals surface area contributed by atoms with Gasteiger partial charge in [0.05, 0.1) is 10.8 Å². The molecule has 0 saturated carbocycles. The predicted octanol–water partition coefficient (Wildman–Crippen LogP) is 2.34. The summed E-state index contributed by atoms with van der Waals surface area (Å²) in [6.07, 6.45) is 8.01. The first-order chi connectivity index (χ1) is 10.3. The van der Waals surface area contributed by atoms with Crippen molar-refractivity contribution in [3.63, 3.8) is 0 Å². The van der Waals surface area contributed by atoms with Gasteiger partial charge in [0.1, 0.15) is 0 Å². The number of thiazole rings is 1. The Bertz CT molecular complexity index is 678. The van der Waals surface area contributed by atoms with Crippen molar-refractivity contribution >= 4 is 22.4 Å². The second-order valence-corrected chi connectivity index (χ2v) is 5.96. The maximum absolute atomic E-state index is 12.0. The van der Waals surface area contributed by atoms with Crippen LogP contribution in [0.3, 0.4) is 0 Å².